The van der Waals surface area contributed by atoms with Crippen LogP contribution in [-0.4, -0.2) is 22.2 Å². The van der Waals surface area contributed by atoms with Gasteiger partial charge in [0.05, 0.1) is 0 Å². The van der Waals surface area contributed by atoms with Crippen molar-refractivity contribution in [1.82, 2.24) is 15.1 Å². The summed E-state index contributed by atoms with van der Waals surface area (Å²) in [5.74, 6) is 0.434. The van der Waals surface area contributed by atoms with E-state index in [1.54, 1.807) is 10.7 Å². The summed E-state index contributed by atoms with van der Waals surface area (Å²) in [4.78, 5) is 11.4. The van der Waals surface area contributed by atoms with Gasteiger partial charge in [-0.05, 0) is 13.3 Å². The fourth-order valence-electron chi connectivity index (χ4n) is 1.29. The molecule has 3 N–H and O–H groups in total. The van der Waals surface area contributed by atoms with Gasteiger partial charge in [0.1, 0.15) is 12.4 Å². The van der Waals surface area contributed by atoms with Crippen molar-refractivity contribution in [2.75, 3.05) is 12.3 Å². The smallest absolute Gasteiger partial charge is 0.241 e. The number of rotatable bonds is 5. The molecule has 1 heterocycles. The normalized spacial score (nSPS) is 10.3. The molecule has 0 spiro atoms. The number of nitrogens with zero attached hydrogens (tertiary/aromatic N) is 2. The third-order valence-corrected chi connectivity index (χ3v) is 2.15. The van der Waals surface area contributed by atoms with E-state index in [4.69, 9.17) is 5.73 Å². The fourth-order valence-corrected chi connectivity index (χ4v) is 1.29. The Morgan fingerprint density at radius 2 is 2.40 bits per heavy atom. The van der Waals surface area contributed by atoms with Gasteiger partial charge in [0.25, 0.3) is 0 Å². The standard InChI is InChI=1S/C10H18N4O/c1-3-4-5-12-10(15)7-14-8(2)6-9(11)13-14/h6H,3-5,7H2,1-2H3,(H2,11,13)(H,12,15). The third kappa shape index (κ3) is 3.61. The average Bonchev–Trinajstić information content (AvgIpc) is 2.45. The van der Waals surface area contributed by atoms with E-state index in [-0.39, 0.29) is 12.5 Å². The molecular formula is C10H18N4O. The molecule has 5 heteroatoms. The van der Waals surface area contributed by atoms with Gasteiger partial charge < -0.3 is 11.1 Å². The summed E-state index contributed by atoms with van der Waals surface area (Å²) in [5, 5.41) is 6.84. The first kappa shape index (κ1) is 11.6. The Balaban J connectivity index is 2.41. The van der Waals surface area contributed by atoms with Crippen molar-refractivity contribution < 1.29 is 4.79 Å². The monoisotopic (exact) mass is 210 g/mol. The zero-order chi connectivity index (χ0) is 11.3. The molecule has 0 atom stereocenters. The molecule has 0 saturated heterocycles. The number of unbranched alkanes of at least 4 members (excludes halogenated alkanes) is 1. The lowest BCUT2D eigenvalue weighted by atomic mass is 10.3. The SMILES string of the molecule is CCCCNC(=O)Cn1nc(N)cc1C. The highest BCUT2D eigenvalue weighted by Gasteiger charge is 2.06. The van der Waals surface area contributed by atoms with Gasteiger partial charge in [0.15, 0.2) is 0 Å². The summed E-state index contributed by atoms with van der Waals surface area (Å²) in [7, 11) is 0. The van der Waals surface area contributed by atoms with Gasteiger partial charge in [0.2, 0.25) is 5.91 Å². The molecule has 0 radical (unpaired) electrons. The Morgan fingerprint density at radius 1 is 1.67 bits per heavy atom. The minimum Gasteiger partial charge on any atom is -0.382 e. The van der Waals surface area contributed by atoms with Crippen LogP contribution in [0.3, 0.4) is 0 Å². The van der Waals surface area contributed by atoms with Crippen LogP contribution in [0.15, 0.2) is 6.07 Å². The van der Waals surface area contributed by atoms with E-state index in [2.05, 4.69) is 17.3 Å². The number of hydrogen-bond acceptors (Lipinski definition) is 3. The van der Waals surface area contributed by atoms with Crippen molar-refractivity contribution in [1.29, 1.82) is 0 Å². The highest BCUT2D eigenvalue weighted by Crippen LogP contribution is 2.03. The van der Waals surface area contributed by atoms with Crippen molar-refractivity contribution in [3.63, 3.8) is 0 Å². The number of aryl methyl sites for hydroxylation is 1. The Hall–Kier alpha value is -1.52. The number of hydrogen-bond donors (Lipinski definition) is 2. The number of carbonyl (C=O) groups excluding carboxylic acids is 1. The highest BCUT2D eigenvalue weighted by molar-refractivity contribution is 5.75. The molecule has 0 aromatic carbocycles. The van der Waals surface area contributed by atoms with Crippen molar-refractivity contribution in [2.24, 2.45) is 0 Å². The number of carbonyl (C=O) groups is 1. The Bertz CT molecular complexity index is 332. The van der Waals surface area contributed by atoms with Gasteiger partial charge in [0, 0.05) is 18.3 Å². The molecule has 0 aliphatic carbocycles. The lowest BCUT2D eigenvalue weighted by Crippen LogP contribution is -2.29. The first-order valence-corrected chi connectivity index (χ1v) is 5.20. The van der Waals surface area contributed by atoms with Crippen LogP contribution in [0.4, 0.5) is 5.82 Å². The Labute approximate surface area is 89.6 Å². The zero-order valence-electron chi connectivity index (χ0n) is 9.29. The topological polar surface area (TPSA) is 72.9 Å². The average molecular weight is 210 g/mol. The van der Waals surface area contributed by atoms with E-state index in [0.717, 1.165) is 25.1 Å². The van der Waals surface area contributed by atoms with E-state index >= 15 is 0 Å². The predicted molar refractivity (Wildman–Crippen MR) is 59.3 cm³/mol. The van der Waals surface area contributed by atoms with Crippen LogP contribution >= 0.6 is 0 Å². The second-order valence-electron chi connectivity index (χ2n) is 3.57. The van der Waals surface area contributed by atoms with E-state index < -0.39 is 0 Å². The Morgan fingerprint density at radius 3 is 2.93 bits per heavy atom. The second kappa shape index (κ2) is 5.38. The molecule has 84 valence electrons. The first-order valence-electron chi connectivity index (χ1n) is 5.20. The lowest BCUT2D eigenvalue weighted by Gasteiger charge is -2.05. The molecule has 1 aromatic heterocycles. The number of anilines is 1. The number of nitrogens with two attached hydrogens (primary N) is 1. The molecule has 0 aliphatic heterocycles. The van der Waals surface area contributed by atoms with Gasteiger partial charge in [-0.15, -0.1) is 0 Å². The van der Waals surface area contributed by atoms with Gasteiger partial charge in [-0.2, -0.15) is 5.10 Å². The van der Waals surface area contributed by atoms with Crippen molar-refractivity contribution in [2.45, 2.75) is 33.2 Å². The van der Waals surface area contributed by atoms with Gasteiger partial charge in [-0.3, -0.25) is 9.48 Å². The molecular weight excluding hydrogens is 192 g/mol. The van der Waals surface area contributed by atoms with Crippen LogP contribution in [0.25, 0.3) is 0 Å². The van der Waals surface area contributed by atoms with Gasteiger partial charge >= 0.3 is 0 Å². The Kier molecular flexibility index (Phi) is 4.15. The molecule has 0 fully saturated rings. The van der Waals surface area contributed by atoms with Crippen LogP contribution in [0.1, 0.15) is 25.5 Å². The molecule has 0 bridgehead atoms. The maximum Gasteiger partial charge on any atom is 0.241 e. The second-order valence-corrected chi connectivity index (χ2v) is 3.57. The molecule has 1 aromatic rings. The number of nitrogen functional groups attached to an aromatic ring is 1. The van der Waals surface area contributed by atoms with E-state index in [0.29, 0.717) is 5.82 Å². The van der Waals surface area contributed by atoms with Crippen molar-refractivity contribution in [3.05, 3.63) is 11.8 Å². The molecule has 15 heavy (non-hydrogen) atoms. The summed E-state index contributed by atoms with van der Waals surface area (Å²) >= 11 is 0. The molecule has 1 amide bonds. The van der Waals surface area contributed by atoms with E-state index in [1.165, 1.54) is 0 Å². The minimum atomic E-state index is -0.0188. The molecule has 0 aliphatic rings. The van der Waals surface area contributed by atoms with Crippen LogP contribution in [0.2, 0.25) is 0 Å². The minimum absolute atomic E-state index is 0.0188. The molecule has 0 saturated carbocycles. The van der Waals surface area contributed by atoms with Crippen LogP contribution in [0, 0.1) is 6.92 Å². The van der Waals surface area contributed by atoms with Crippen molar-refractivity contribution in [3.8, 4) is 0 Å². The van der Waals surface area contributed by atoms with E-state index in [1.807, 2.05) is 6.92 Å². The number of amides is 1. The van der Waals surface area contributed by atoms with Crippen LogP contribution in [-0.2, 0) is 11.3 Å². The summed E-state index contributed by atoms with van der Waals surface area (Å²) < 4.78 is 1.61. The highest BCUT2D eigenvalue weighted by atomic mass is 16.2. The first-order chi connectivity index (χ1) is 7.13. The third-order valence-electron chi connectivity index (χ3n) is 2.15. The van der Waals surface area contributed by atoms with Crippen molar-refractivity contribution >= 4 is 11.7 Å². The van der Waals surface area contributed by atoms with E-state index in [9.17, 15) is 4.79 Å². The number of nitrogens with one attached hydrogen (secondary N) is 1. The maximum atomic E-state index is 11.4. The molecule has 0 unspecified atom stereocenters. The summed E-state index contributed by atoms with van der Waals surface area (Å²) in [6.07, 6.45) is 2.08. The molecule has 1 rings (SSSR count). The predicted octanol–water partition coefficient (Wildman–Crippen LogP) is 0.690. The fraction of sp³-hybridized carbons (Fsp3) is 0.600. The lowest BCUT2D eigenvalue weighted by molar-refractivity contribution is -0.121. The summed E-state index contributed by atoms with van der Waals surface area (Å²) in [6, 6.07) is 1.75. The number of aromatic nitrogens is 2. The van der Waals surface area contributed by atoms with Gasteiger partial charge in [-0.25, -0.2) is 0 Å². The maximum absolute atomic E-state index is 11.4. The van der Waals surface area contributed by atoms with Crippen LogP contribution < -0.4 is 11.1 Å². The van der Waals surface area contributed by atoms with Gasteiger partial charge in [-0.1, -0.05) is 13.3 Å². The summed E-state index contributed by atoms with van der Waals surface area (Å²) in [6.45, 7) is 4.94. The summed E-state index contributed by atoms with van der Waals surface area (Å²) in [5.41, 5.74) is 6.41. The largest absolute Gasteiger partial charge is 0.382 e. The quantitative estimate of drug-likeness (QED) is 0.702. The van der Waals surface area contributed by atoms with Crippen LogP contribution in [0.5, 0.6) is 0 Å². The zero-order valence-corrected chi connectivity index (χ0v) is 9.29. The molecule has 5 nitrogen and oxygen atoms in total.